The van der Waals surface area contributed by atoms with Crippen molar-refractivity contribution in [1.29, 1.82) is 0 Å². The van der Waals surface area contributed by atoms with Crippen LogP contribution in [0.1, 0.15) is 23.0 Å². The summed E-state index contributed by atoms with van der Waals surface area (Å²) in [6, 6.07) is 4.06. The smallest absolute Gasteiger partial charge is 0.326 e. The van der Waals surface area contributed by atoms with Gasteiger partial charge in [-0.1, -0.05) is 6.07 Å². The molecule has 0 spiro atoms. The largest absolute Gasteiger partial charge is 0.416 e. The number of amides is 1. The summed E-state index contributed by atoms with van der Waals surface area (Å²) >= 11 is 5.31. The quantitative estimate of drug-likeness (QED) is 0.861. The Morgan fingerprint density at radius 3 is 2.43 bits per heavy atom. The molecule has 110 valence electrons. The van der Waals surface area contributed by atoms with Crippen LogP contribution in [0, 0.1) is 0 Å². The standard InChI is InChI=1S/C13H8ClF3N2O2/c1-6(20)18-10-5-11(12(14)21)19-9-4-7(13(15,16)17)2-3-8(9)10/h2-5H,1H3,(H,18,19,20). The van der Waals surface area contributed by atoms with Crippen LogP contribution in [0.25, 0.3) is 10.9 Å². The van der Waals surface area contributed by atoms with Gasteiger partial charge in [-0.3, -0.25) is 9.59 Å². The normalized spacial score (nSPS) is 11.5. The number of fused-ring (bicyclic) bond motifs is 1. The predicted molar refractivity (Wildman–Crippen MR) is 71.2 cm³/mol. The zero-order valence-corrected chi connectivity index (χ0v) is 11.3. The van der Waals surface area contributed by atoms with E-state index in [0.717, 1.165) is 12.1 Å². The molecule has 0 saturated carbocycles. The molecule has 0 fully saturated rings. The minimum absolute atomic E-state index is 0.0833. The number of anilines is 1. The van der Waals surface area contributed by atoms with Crippen LogP contribution < -0.4 is 5.32 Å². The van der Waals surface area contributed by atoms with Gasteiger partial charge in [0.2, 0.25) is 5.91 Å². The van der Waals surface area contributed by atoms with Crippen molar-refractivity contribution in [2.24, 2.45) is 0 Å². The zero-order valence-electron chi connectivity index (χ0n) is 10.6. The van der Waals surface area contributed by atoms with Crippen molar-refractivity contribution < 1.29 is 22.8 Å². The van der Waals surface area contributed by atoms with Gasteiger partial charge in [-0.2, -0.15) is 13.2 Å². The molecule has 1 aromatic carbocycles. The van der Waals surface area contributed by atoms with E-state index in [1.165, 1.54) is 19.1 Å². The molecular formula is C13H8ClF3N2O2. The van der Waals surface area contributed by atoms with Crippen LogP contribution in [0.4, 0.5) is 18.9 Å². The second kappa shape index (κ2) is 5.33. The number of alkyl halides is 3. The molecule has 0 radical (unpaired) electrons. The van der Waals surface area contributed by atoms with Crippen LogP contribution in [0.5, 0.6) is 0 Å². The Labute approximate surface area is 121 Å². The van der Waals surface area contributed by atoms with Crippen LogP contribution in [0.2, 0.25) is 0 Å². The molecule has 4 nitrogen and oxygen atoms in total. The lowest BCUT2D eigenvalue weighted by Gasteiger charge is -2.11. The molecule has 0 bridgehead atoms. The number of benzene rings is 1. The molecule has 0 aliphatic heterocycles. The van der Waals surface area contributed by atoms with E-state index in [-0.39, 0.29) is 22.3 Å². The molecule has 8 heteroatoms. The molecule has 1 N–H and O–H groups in total. The Hall–Kier alpha value is -2.15. The third kappa shape index (κ3) is 3.30. The van der Waals surface area contributed by atoms with Crippen molar-refractivity contribution in [3.8, 4) is 0 Å². The number of hydrogen-bond donors (Lipinski definition) is 1. The first kappa shape index (κ1) is 15.2. The van der Waals surface area contributed by atoms with E-state index in [1.807, 2.05) is 0 Å². The Morgan fingerprint density at radius 1 is 1.24 bits per heavy atom. The second-order valence-electron chi connectivity index (χ2n) is 4.24. The van der Waals surface area contributed by atoms with Crippen LogP contribution in [-0.2, 0) is 11.0 Å². The molecule has 0 atom stereocenters. The second-order valence-corrected chi connectivity index (χ2v) is 4.58. The van der Waals surface area contributed by atoms with E-state index in [9.17, 15) is 22.8 Å². The number of hydrogen-bond acceptors (Lipinski definition) is 3. The fraction of sp³-hybridized carbons (Fsp3) is 0.154. The van der Waals surface area contributed by atoms with Gasteiger partial charge >= 0.3 is 6.18 Å². The van der Waals surface area contributed by atoms with E-state index in [1.54, 1.807) is 0 Å². The monoisotopic (exact) mass is 316 g/mol. The Morgan fingerprint density at radius 2 is 1.90 bits per heavy atom. The molecular weight excluding hydrogens is 309 g/mol. The van der Waals surface area contributed by atoms with Crippen LogP contribution in [-0.4, -0.2) is 16.1 Å². The number of carbonyl (C=O) groups excluding carboxylic acids is 2. The maximum atomic E-state index is 12.7. The number of halogens is 4. The van der Waals surface area contributed by atoms with Crippen molar-refractivity contribution in [2.75, 3.05) is 5.32 Å². The highest BCUT2D eigenvalue weighted by molar-refractivity contribution is 6.67. The van der Waals surface area contributed by atoms with Crippen molar-refractivity contribution in [3.63, 3.8) is 0 Å². The fourth-order valence-electron chi connectivity index (χ4n) is 1.80. The number of rotatable bonds is 2. The molecule has 2 aromatic rings. The summed E-state index contributed by atoms with van der Waals surface area (Å²) in [5.41, 5.74) is -1.06. The number of pyridine rings is 1. The van der Waals surface area contributed by atoms with E-state index >= 15 is 0 Å². The molecule has 1 aromatic heterocycles. The third-order valence-corrected chi connectivity index (χ3v) is 2.84. The summed E-state index contributed by atoms with van der Waals surface area (Å²) in [6.45, 7) is 1.23. The SMILES string of the molecule is CC(=O)Nc1cc(C(=O)Cl)nc2cc(C(F)(F)F)ccc12. The molecule has 21 heavy (non-hydrogen) atoms. The molecule has 1 amide bonds. The van der Waals surface area contributed by atoms with Gasteiger partial charge in [0.15, 0.2) is 0 Å². The van der Waals surface area contributed by atoms with E-state index in [0.29, 0.717) is 0 Å². The van der Waals surface area contributed by atoms with Gasteiger partial charge in [0.25, 0.3) is 5.24 Å². The molecule has 0 aliphatic rings. The minimum atomic E-state index is -4.54. The first-order valence-corrected chi connectivity index (χ1v) is 6.05. The van der Waals surface area contributed by atoms with Crippen LogP contribution in [0.3, 0.4) is 0 Å². The number of nitrogens with zero attached hydrogens (tertiary/aromatic N) is 1. The van der Waals surface area contributed by atoms with Gasteiger partial charge in [0.05, 0.1) is 16.8 Å². The van der Waals surface area contributed by atoms with Crippen molar-refractivity contribution >= 4 is 39.3 Å². The lowest BCUT2D eigenvalue weighted by molar-refractivity contribution is -0.137. The van der Waals surface area contributed by atoms with Gasteiger partial charge in [-0.15, -0.1) is 0 Å². The van der Waals surface area contributed by atoms with Crippen LogP contribution >= 0.6 is 11.6 Å². The highest BCUT2D eigenvalue weighted by Crippen LogP contribution is 2.33. The summed E-state index contributed by atoms with van der Waals surface area (Å²) in [5, 5.41) is 1.78. The summed E-state index contributed by atoms with van der Waals surface area (Å²) in [5.74, 6) is -0.435. The maximum absolute atomic E-state index is 12.7. The average Bonchev–Trinajstić information content (AvgIpc) is 2.36. The van der Waals surface area contributed by atoms with Gasteiger partial charge in [-0.25, -0.2) is 4.98 Å². The third-order valence-electron chi connectivity index (χ3n) is 2.65. The molecule has 0 aliphatic carbocycles. The van der Waals surface area contributed by atoms with Crippen molar-refractivity contribution in [1.82, 2.24) is 4.98 Å². The van der Waals surface area contributed by atoms with Crippen LogP contribution in [0.15, 0.2) is 24.3 Å². The van der Waals surface area contributed by atoms with Gasteiger partial charge in [-0.05, 0) is 29.8 Å². The fourth-order valence-corrected chi connectivity index (χ4v) is 1.90. The topological polar surface area (TPSA) is 59.1 Å². The number of carbonyl (C=O) groups is 2. The first-order chi connectivity index (χ1) is 9.68. The number of aromatic nitrogens is 1. The lowest BCUT2D eigenvalue weighted by atomic mass is 10.1. The number of nitrogens with one attached hydrogen (secondary N) is 1. The van der Waals surface area contributed by atoms with Gasteiger partial charge in [0.1, 0.15) is 5.69 Å². The van der Waals surface area contributed by atoms with Crippen molar-refractivity contribution in [3.05, 3.63) is 35.5 Å². The highest BCUT2D eigenvalue weighted by atomic mass is 35.5. The van der Waals surface area contributed by atoms with Gasteiger partial charge < -0.3 is 5.32 Å². The Bertz CT molecular complexity index is 744. The summed E-state index contributed by atoms with van der Waals surface area (Å²) in [4.78, 5) is 26.1. The molecule has 2 rings (SSSR count). The average molecular weight is 317 g/mol. The lowest BCUT2D eigenvalue weighted by Crippen LogP contribution is -2.09. The predicted octanol–water partition coefficient (Wildman–Crippen LogP) is 3.59. The summed E-state index contributed by atoms with van der Waals surface area (Å²) in [6.07, 6.45) is -4.54. The molecule has 1 heterocycles. The van der Waals surface area contributed by atoms with E-state index in [2.05, 4.69) is 10.3 Å². The molecule has 0 saturated heterocycles. The Balaban J connectivity index is 2.72. The highest BCUT2D eigenvalue weighted by Gasteiger charge is 2.30. The maximum Gasteiger partial charge on any atom is 0.416 e. The summed E-state index contributed by atoms with van der Waals surface area (Å²) < 4.78 is 38.1. The van der Waals surface area contributed by atoms with Crippen molar-refractivity contribution in [2.45, 2.75) is 13.1 Å². The summed E-state index contributed by atoms with van der Waals surface area (Å²) in [7, 11) is 0. The zero-order chi connectivity index (χ0) is 15.8. The first-order valence-electron chi connectivity index (χ1n) is 5.68. The van der Waals surface area contributed by atoms with Gasteiger partial charge in [0, 0.05) is 12.3 Å². The Kier molecular flexibility index (Phi) is 3.87. The molecule has 0 unspecified atom stereocenters. The van der Waals surface area contributed by atoms with E-state index in [4.69, 9.17) is 11.6 Å². The van der Waals surface area contributed by atoms with E-state index < -0.39 is 22.9 Å². The minimum Gasteiger partial charge on any atom is -0.326 e.